The Hall–Kier alpha value is -9.56. The highest BCUT2D eigenvalue weighted by molar-refractivity contribution is 6.01. The highest BCUT2D eigenvalue weighted by Crippen LogP contribution is 2.60. The van der Waals surface area contributed by atoms with Crippen LogP contribution in [-0.4, -0.2) is 63.5 Å². The summed E-state index contributed by atoms with van der Waals surface area (Å²) < 4.78 is 39.0. The van der Waals surface area contributed by atoms with Crippen molar-refractivity contribution in [3.63, 3.8) is 0 Å². The van der Waals surface area contributed by atoms with Crippen molar-refractivity contribution in [2.24, 2.45) is 0 Å². The molecule has 0 saturated heterocycles. The van der Waals surface area contributed by atoms with E-state index in [4.69, 9.17) is 28.4 Å². The van der Waals surface area contributed by atoms with Crippen molar-refractivity contribution in [3.05, 3.63) is 224 Å². The summed E-state index contributed by atoms with van der Waals surface area (Å²) in [6.45, 7) is 24.4. The standard InChI is InChI=1S/C76H78N4O10/c1-11-18-40-85-72(83)79(64-46-62-66(42-48(64)8)87-68-44-54(77(14-4)15-5)36-38-60(68)75(62)58-26-22-20-24-56(58)70(81)89-75)52-32-28-50(29-33-52)74(10,13-3)51-30-34-53(35-31-51)80(73(84)86-41-19-12-2)65-47-63-67(43-49(65)9)88-69-45-55(78(16-6)17-7)37-39-61(69)76(63)59-27-23-21-25-57(59)71(82)90-76/h20-39,42-47H,11-19,40-41H2,1-10H3. The van der Waals surface area contributed by atoms with Crippen LogP contribution in [0.1, 0.15) is 164 Å². The molecule has 12 rings (SSSR count). The zero-order valence-corrected chi connectivity index (χ0v) is 53.2. The average molecular weight is 1210 g/mol. The van der Waals surface area contributed by atoms with Gasteiger partial charge in [-0.2, -0.15) is 0 Å². The summed E-state index contributed by atoms with van der Waals surface area (Å²) in [7, 11) is 0. The van der Waals surface area contributed by atoms with Gasteiger partial charge in [0.05, 0.1) is 47.1 Å². The first-order valence-electron chi connectivity index (χ1n) is 31.9. The molecule has 90 heavy (non-hydrogen) atoms. The van der Waals surface area contributed by atoms with Gasteiger partial charge >= 0.3 is 24.1 Å². The van der Waals surface area contributed by atoms with Gasteiger partial charge in [0, 0.05) is 88.5 Å². The Bertz CT molecular complexity index is 3840. The van der Waals surface area contributed by atoms with Gasteiger partial charge in [-0.25, -0.2) is 29.0 Å². The minimum absolute atomic E-state index is 0.226. The van der Waals surface area contributed by atoms with Crippen LogP contribution in [0.25, 0.3) is 0 Å². The summed E-state index contributed by atoms with van der Waals surface area (Å²) in [4.78, 5) is 65.2. The molecule has 0 bridgehead atoms. The highest BCUT2D eigenvalue weighted by Gasteiger charge is 2.56. The number of amides is 2. The predicted octanol–water partition coefficient (Wildman–Crippen LogP) is 18.0. The second kappa shape index (κ2) is 24.4. The molecule has 2 unspecified atom stereocenters. The lowest BCUT2D eigenvalue weighted by Crippen LogP contribution is -2.34. The molecule has 0 aromatic heterocycles. The molecule has 8 aromatic carbocycles. The minimum Gasteiger partial charge on any atom is -0.456 e. The van der Waals surface area contributed by atoms with Crippen LogP contribution in [0.4, 0.5) is 43.7 Å². The van der Waals surface area contributed by atoms with Gasteiger partial charge in [-0.15, -0.1) is 0 Å². The van der Waals surface area contributed by atoms with E-state index in [2.05, 4.69) is 89.5 Å². The normalized spacial score (nSPS) is 16.8. The van der Waals surface area contributed by atoms with E-state index in [9.17, 15) is 19.2 Å². The maximum Gasteiger partial charge on any atom is 0.418 e. The number of esters is 2. The molecular weight excluding hydrogens is 1130 g/mol. The number of hydrogen-bond acceptors (Lipinski definition) is 12. The SMILES string of the molecule is CCCCOC(=O)N(c1ccc(C(C)(CC)c2ccc(N(C(=O)OCCCC)c3cc4c(cc3C)Oc3cc(N(CC)CC)ccc3C43OC(=O)c4ccccc43)cc2)cc1)c1cc2c(cc1C)Oc1cc(N(CC)CC)ccc1C21OC(=O)c2ccccc21. The van der Waals surface area contributed by atoms with Crippen LogP contribution in [0.15, 0.2) is 158 Å². The molecule has 462 valence electrons. The van der Waals surface area contributed by atoms with Gasteiger partial charge in [0.15, 0.2) is 11.2 Å². The predicted molar refractivity (Wildman–Crippen MR) is 352 cm³/mol. The lowest BCUT2D eigenvalue weighted by atomic mass is 9.74. The zero-order valence-electron chi connectivity index (χ0n) is 53.2. The number of ether oxygens (including phenoxy) is 6. The third kappa shape index (κ3) is 9.95. The molecule has 14 nitrogen and oxygen atoms in total. The van der Waals surface area contributed by atoms with Crippen LogP contribution >= 0.6 is 0 Å². The van der Waals surface area contributed by atoms with Gasteiger partial charge in [-0.3, -0.25) is 0 Å². The minimum atomic E-state index is -1.38. The number of unbranched alkanes of at least 4 members (excludes halogenated alkanes) is 2. The first-order chi connectivity index (χ1) is 43.6. The van der Waals surface area contributed by atoms with Crippen LogP contribution in [0.2, 0.25) is 0 Å². The van der Waals surface area contributed by atoms with E-state index < -0.39 is 40.7 Å². The van der Waals surface area contributed by atoms with E-state index in [1.807, 2.05) is 135 Å². The molecule has 2 spiro atoms. The molecule has 2 atom stereocenters. The van der Waals surface area contributed by atoms with Gasteiger partial charge in [-0.05, 0) is 168 Å². The topological polar surface area (TPSA) is 137 Å². The quantitative estimate of drug-likeness (QED) is 0.0433. The fourth-order valence-electron chi connectivity index (χ4n) is 13.6. The summed E-state index contributed by atoms with van der Waals surface area (Å²) >= 11 is 0. The fourth-order valence-corrected chi connectivity index (χ4v) is 13.6. The summed E-state index contributed by atoms with van der Waals surface area (Å²) in [5.74, 6) is 1.30. The smallest absolute Gasteiger partial charge is 0.418 e. The summed E-state index contributed by atoms with van der Waals surface area (Å²) in [5.41, 5.74) is 9.20. The van der Waals surface area contributed by atoms with Gasteiger partial charge in [0.2, 0.25) is 0 Å². The Morgan fingerprint density at radius 3 is 1.18 bits per heavy atom. The zero-order chi connectivity index (χ0) is 63.2. The largest absolute Gasteiger partial charge is 0.456 e. The first kappa shape index (κ1) is 60.7. The average Bonchev–Trinajstić information content (AvgIpc) is 1.41. The summed E-state index contributed by atoms with van der Waals surface area (Å²) in [5, 5.41) is 0. The van der Waals surface area contributed by atoms with Crippen molar-refractivity contribution < 1.29 is 47.6 Å². The van der Waals surface area contributed by atoms with Gasteiger partial charge < -0.3 is 38.2 Å². The Labute approximate surface area is 527 Å². The van der Waals surface area contributed by atoms with Crippen LogP contribution in [0.5, 0.6) is 23.0 Å². The highest BCUT2D eigenvalue weighted by atomic mass is 16.6. The van der Waals surface area contributed by atoms with E-state index >= 15 is 0 Å². The van der Waals surface area contributed by atoms with Crippen LogP contribution in [-0.2, 0) is 35.6 Å². The van der Waals surface area contributed by atoms with Gasteiger partial charge in [0.1, 0.15) is 23.0 Å². The van der Waals surface area contributed by atoms with Crippen molar-refractivity contribution in [3.8, 4) is 23.0 Å². The van der Waals surface area contributed by atoms with Crippen molar-refractivity contribution in [1.29, 1.82) is 0 Å². The Morgan fingerprint density at radius 2 is 0.811 bits per heavy atom. The Morgan fingerprint density at radius 1 is 0.444 bits per heavy atom. The van der Waals surface area contributed by atoms with Crippen molar-refractivity contribution >= 4 is 58.2 Å². The molecule has 4 aliphatic heterocycles. The second-order valence-corrected chi connectivity index (χ2v) is 23.8. The molecule has 0 saturated carbocycles. The number of rotatable bonds is 19. The van der Waals surface area contributed by atoms with Crippen LogP contribution < -0.4 is 29.1 Å². The Kier molecular flexibility index (Phi) is 16.5. The van der Waals surface area contributed by atoms with E-state index in [1.165, 1.54) is 0 Å². The van der Waals surface area contributed by atoms with Gasteiger partial charge in [-0.1, -0.05) is 101 Å². The molecule has 4 aliphatic rings. The number of hydrogen-bond donors (Lipinski definition) is 0. The maximum absolute atomic E-state index is 14.8. The molecular formula is C76H78N4O10. The Balaban J connectivity index is 0.912. The maximum atomic E-state index is 14.8. The lowest BCUT2D eigenvalue weighted by molar-refractivity contribution is 0.0214. The molecule has 0 aliphatic carbocycles. The van der Waals surface area contributed by atoms with E-state index in [0.29, 0.717) is 110 Å². The molecule has 0 fully saturated rings. The molecule has 0 radical (unpaired) electrons. The number of benzene rings is 8. The molecule has 4 heterocycles. The first-order valence-corrected chi connectivity index (χ1v) is 31.9. The summed E-state index contributed by atoms with van der Waals surface area (Å²) in [6, 6.07) is 50.7. The third-order valence-electron chi connectivity index (χ3n) is 18.8. The van der Waals surface area contributed by atoms with E-state index in [0.717, 1.165) is 72.6 Å². The number of aryl methyl sites for hydroxylation is 2. The van der Waals surface area contributed by atoms with E-state index in [-0.39, 0.29) is 13.2 Å². The number of nitrogens with zero attached hydrogens (tertiary/aromatic N) is 4. The van der Waals surface area contributed by atoms with Gasteiger partial charge in [0.25, 0.3) is 0 Å². The van der Waals surface area contributed by atoms with Crippen molar-refractivity contribution in [2.75, 3.05) is 59.0 Å². The lowest BCUT2D eigenvalue weighted by Gasteiger charge is -2.38. The number of anilines is 6. The number of carbonyl (C=O) groups is 4. The molecule has 8 aromatic rings. The second-order valence-electron chi connectivity index (χ2n) is 23.8. The van der Waals surface area contributed by atoms with E-state index in [1.54, 1.807) is 21.9 Å². The molecule has 14 heteroatoms. The van der Waals surface area contributed by atoms with Crippen molar-refractivity contribution in [1.82, 2.24) is 0 Å². The third-order valence-corrected chi connectivity index (χ3v) is 18.8. The summed E-state index contributed by atoms with van der Waals surface area (Å²) in [6.07, 6.45) is 2.64. The molecule has 2 amide bonds. The molecule has 0 N–H and O–H groups in total. The fraction of sp³-hybridized carbons (Fsp3) is 0.316. The monoisotopic (exact) mass is 1210 g/mol. The van der Waals surface area contributed by atoms with Crippen LogP contribution in [0, 0.1) is 13.8 Å². The van der Waals surface area contributed by atoms with Crippen molar-refractivity contribution in [2.45, 2.75) is 118 Å². The number of fused-ring (bicyclic) bond motifs is 12. The van der Waals surface area contributed by atoms with Crippen LogP contribution in [0.3, 0.4) is 0 Å². The number of carbonyl (C=O) groups excluding carboxylic acids is 4.